The molecule has 0 aliphatic carbocycles. The summed E-state index contributed by atoms with van der Waals surface area (Å²) in [5, 5.41) is 9.27. The van der Waals surface area contributed by atoms with Gasteiger partial charge in [0.15, 0.2) is 0 Å². The van der Waals surface area contributed by atoms with Crippen LogP contribution in [-0.2, 0) is 6.54 Å². The highest BCUT2D eigenvalue weighted by molar-refractivity contribution is 7.10. The standard InChI is InChI=1S/C18H20N4OS/c1-13(2)17(16-4-3-9-24-16)21-18(23)15-7-5-14(6-8-15)10-22-12-19-11-20-22/h3-9,11-13,17H,10H2,1-2H3,(H,21,23). The lowest BCUT2D eigenvalue weighted by molar-refractivity contribution is 0.0926. The van der Waals surface area contributed by atoms with Crippen LogP contribution >= 0.6 is 11.3 Å². The minimum Gasteiger partial charge on any atom is -0.344 e. The summed E-state index contributed by atoms with van der Waals surface area (Å²) in [6.45, 7) is 4.88. The molecule has 0 fully saturated rings. The summed E-state index contributed by atoms with van der Waals surface area (Å²) in [4.78, 5) is 17.7. The first-order valence-corrected chi connectivity index (χ1v) is 8.77. The molecule has 0 radical (unpaired) electrons. The van der Waals surface area contributed by atoms with E-state index in [1.807, 2.05) is 35.7 Å². The third-order valence-electron chi connectivity index (χ3n) is 3.83. The lowest BCUT2D eigenvalue weighted by Crippen LogP contribution is -2.31. The van der Waals surface area contributed by atoms with Crippen molar-refractivity contribution in [2.24, 2.45) is 5.92 Å². The third kappa shape index (κ3) is 3.89. The smallest absolute Gasteiger partial charge is 0.251 e. The Morgan fingerprint density at radius 1 is 1.25 bits per heavy atom. The fraction of sp³-hybridized carbons (Fsp3) is 0.278. The predicted molar refractivity (Wildman–Crippen MR) is 94.9 cm³/mol. The van der Waals surface area contributed by atoms with Crippen molar-refractivity contribution in [3.63, 3.8) is 0 Å². The number of amides is 1. The summed E-state index contributed by atoms with van der Waals surface area (Å²) in [5.74, 6) is 0.286. The van der Waals surface area contributed by atoms with Crippen LogP contribution in [0.1, 0.15) is 40.7 Å². The van der Waals surface area contributed by atoms with E-state index in [0.29, 0.717) is 18.0 Å². The molecule has 0 saturated heterocycles. The van der Waals surface area contributed by atoms with Gasteiger partial charge in [-0.25, -0.2) is 9.67 Å². The molecule has 0 spiro atoms. The van der Waals surface area contributed by atoms with Crippen LogP contribution in [0.25, 0.3) is 0 Å². The number of benzene rings is 1. The molecule has 1 unspecified atom stereocenters. The first-order valence-electron chi connectivity index (χ1n) is 7.89. The number of hydrogen-bond donors (Lipinski definition) is 1. The van der Waals surface area contributed by atoms with Gasteiger partial charge in [0, 0.05) is 10.4 Å². The Labute approximate surface area is 145 Å². The van der Waals surface area contributed by atoms with Gasteiger partial charge in [-0.15, -0.1) is 11.3 Å². The summed E-state index contributed by atoms with van der Waals surface area (Å²) < 4.78 is 1.75. The number of hydrogen-bond acceptors (Lipinski definition) is 4. The van der Waals surface area contributed by atoms with Crippen LogP contribution in [0.15, 0.2) is 54.4 Å². The van der Waals surface area contributed by atoms with E-state index in [2.05, 4.69) is 35.3 Å². The molecule has 1 atom stereocenters. The molecule has 1 N–H and O–H groups in total. The first-order chi connectivity index (χ1) is 11.6. The lowest BCUT2D eigenvalue weighted by atomic mass is 10.0. The number of nitrogens with one attached hydrogen (secondary N) is 1. The van der Waals surface area contributed by atoms with E-state index >= 15 is 0 Å². The monoisotopic (exact) mass is 340 g/mol. The van der Waals surface area contributed by atoms with E-state index < -0.39 is 0 Å². The summed E-state index contributed by atoms with van der Waals surface area (Å²) in [5.41, 5.74) is 1.75. The van der Waals surface area contributed by atoms with Crippen molar-refractivity contribution in [3.05, 3.63) is 70.4 Å². The Morgan fingerprint density at radius 3 is 2.62 bits per heavy atom. The topological polar surface area (TPSA) is 59.8 Å². The maximum atomic E-state index is 12.5. The molecule has 24 heavy (non-hydrogen) atoms. The highest BCUT2D eigenvalue weighted by Crippen LogP contribution is 2.26. The quantitative estimate of drug-likeness (QED) is 0.747. The summed E-state index contributed by atoms with van der Waals surface area (Å²) in [6.07, 6.45) is 3.19. The van der Waals surface area contributed by atoms with E-state index in [1.54, 1.807) is 22.3 Å². The molecule has 6 heteroatoms. The van der Waals surface area contributed by atoms with E-state index in [0.717, 1.165) is 5.56 Å². The molecule has 0 saturated carbocycles. The molecule has 0 aliphatic heterocycles. The normalized spacial score (nSPS) is 12.3. The Balaban J connectivity index is 1.68. The first kappa shape index (κ1) is 16.4. The Hall–Kier alpha value is -2.47. The minimum absolute atomic E-state index is 0.0346. The third-order valence-corrected chi connectivity index (χ3v) is 4.79. The molecule has 0 aliphatic rings. The molecule has 1 aromatic carbocycles. The summed E-state index contributed by atoms with van der Waals surface area (Å²) in [6, 6.07) is 11.7. The number of rotatable bonds is 6. The van der Waals surface area contributed by atoms with Crippen LogP contribution in [0.3, 0.4) is 0 Å². The van der Waals surface area contributed by atoms with Gasteiger partial charge in [0.2, 0.25) is 0 Å². The molecule has 1 amide bonds. The second-order valence-electron chi connectivity index (χ2n) is 6.00. The summed E-state index contributed by atoms with van der Waals surface area (Å²) >= 11 is 1.67. The van der Waals surface area contributed by atoms with E-state index in [9.17, 15) is 4.79 Å². The number of carbonyl (C=O) groups is 1. The van der Waals surface area contributed by atoms with Gasteiger partial charge in [-0.1, -0.05) is 32.0 Å². The van der Waals surface area contributed by atoms with E-state index in [1.165, 1.54) is 11.2 Å². The Morgan fingerprint density at radius 2 is 2.04 bits per heavy atom. The van der Waals surface area contributed by atoms with E-state index in [4.69, 9.17) is 0 Å². The second-order valence-corrected chi connectivity index (χ2v) is 6.98. The van der Waals surface area contributed by atoms with Gasteiger partial charge in [-0.3, -0.25) is 4.79 Å². The van der Waals surface area contributed by atoms with E-state index in [-0.39, 0.29) is 11.9 Å². The molecule has 2 heterocycles. The van der Waals surface area contributed by atoms with Gasteiger partial charge >= 0.3 is 0 Å². The van der Waals surface area contributed by atoms with Crippen molar-refractivity contribution in [3.8, 4) is 0 Å². The molecule has 5 nitrogen and oxygen atoms in total. The van der Waals surface area contributed by atoms with Crippen molar-refractivity contribution in [2.75, 3.05) is 0 Å². The van der Waals surface area contributed by atoms with Crippen LogP contribution in [0.4, 0.5) is 0 Å². The van der Waals surface area contributed by atoms with Gasteiger partial charge in [0.1, 0.15) is 12.7 Å². The van der Waals surface area contributed by atoms with Gasteiger partial charge in [-0.05, 0) is 35.1 Å². The van der Waals surface area contributed by atoms with Gasteiger partial charge in [0.05, 0.1) is 12.6 Å². The highest BCUT2D eigenvalue weighted by Gasteiger charge is 2.19. The molecule has 3 rings (SSSR count). The van der Waals surface area contributed by atoms with Crippen molar-refractivity contribution < 1.29 is 4.79 Å². The molecular formula is C18H20N4OS. The van der Waals surface area contributed by atoms with Crippen LogP contribution in [0.5, 0.6) is 0 Å². The zero-order valence-electron chi connectivity index (χ0n) is 13.7. The van der Waals surface area contributed by atoms with Crippen molar-refractivity contribution >= 4 is 17.2 Å². The average Bonchev–Trinajstić information content (AvgIpc) is 3.26. The number of carbonyl (C=O) groups excluding carboxylic acids is 1. The maximum absolute atomic E-state index is 12.5. The molecular weight excluding hydrogens is 320 g/mol. The SMILES string of the molecule is CC(C)C(NC(=O)c1ccc(Cn2cncn2)cc1)c1cccs1. The van der Waals surface area contributed by atoms with Gasteiger partial charge < -0.3 is 5.32 Å². The number of thiophene rings is 1. The largest absolute Gasteiger partial charge is 0.344 e. The molecule has 0 bridgehead atoms. The Kier molecular flexibility index (Phi) is 5.05. The van der Waals surface area contributed by atoms with Crippen molar-refractivity contribution in [2.45, 2.75) is 26.4 Å². The van der Waals surface area contributed by atoms with Gasteiger partial charge in [0.25, 0.3) is 5.91 Å². The summed E-state index contributed by atoms with van der Waals surface area (Å²) in [7, 11) is 0. The predicted octanol–water partition coefficient (Wildman–Crippen LogP) is 3.52. The van der Waals surface area contributed by atoms with Gasteiger partial charge in [-0.2, -0.15) is 5.10 Å². The Bertz CT molecular complexity index is 764. The number of nitrogens with zero attached hydrogens (tertiary/aromatic N) is 3. The second kappa shape index (κ2) is 7.40. The van der Waals surface area contributed by atoms with Crippen LogP contribution in [0, 0.1) is 5.92 Å². The van der Waals surface area contributed by atoms with Crippen molar-refractivity contribution in [1.82, 2.24) is 20.1 Å². The maximum Gasteiger partial charge on any atom is 0.251 e. The fourth-order valence-corrected chi connectivity index (χ4v) is 3.47. The number of aromatic nitrogens is 3. The van der Waals surface area contributed by atoms with Crippen LogP contribution in [-0.4, -0.2) is 20.7 Å². The average molecular weight is 340 g/mol. The van der Waals surface area contributed by atoms with Crippen molar-refractivity contribution in [1.29, 1.82) is 0 Å². The van der Waals surface area contributed by atoms with Crippen LogP contribution < -0.4 is 5.32 Å². The molecule has 3 aromatic rings. The van der Waals surface area contributed by atoms with Crippen LogP contribution in [0.2, 0.25) is 0 Å². The fourth-order valence-electron chi connectivity index (χ4n) is 2.52. The highest BCUT2D eigenvalue weighted by atomic mass is 32.1. The molecule has 124 valence electrons. The lowest BCUT2D eigenvalue weighted by Gasteiger charge is -2.21. The zero-order chi connectivity index (χ0) is 16.9. The molecule has 2 aromatic heterocycles. The minimum atomic E-state index is -0.0468. The zero-order valence-corrected chi connectivity index (χ0v) is 14.5.